The molecule has 2 rings (SSSR count). The van der Waals surface area contributed by atoms with Crippen molar-refractivity contribution < 1.29 is 14.2 Å². The van der Waals surface area contributed by atoms with Gasteiger partial charge in [0.25, 0.3) is 0 Å². The summed E-state index contributed by atoms with van der Waals surface area (Å²) in [5.74, 6) is 1.11. The van der Waals surface area contributed by atoms with Crippen LogP contribution in [0.5, 0.6) is 5.75 Å². The zero-order valence-corrected chi connectivity index (χ0v) is 11.7. The SMILES string of the molecule is CCC1CCC(Oc2ccc(F)cc2[C@@H](C)O)CC1. The highest BCUT2D eigenvalue weighted by Crippen LogP contribution is 2.32. The van der Waals surface area contributed by atoms with Crippen LogP contribution < -0.4 is 4.74 Å². The fraction of sp³-hybridized carbons (Fsp3) is 0.625. The molecular weight excluding hydrogens is 243 g/mol. The fourth-order valence-electron chi connectivity index (χ4n) is 2.79. The molecule has 0 spiro atoms. The lowest BCUT2D eigenvalue weighted by molar-refractivity contribution is 0.122. The second kappa shape index (κ2) is 6.38. The number of benzene rings is 1. The molecule has 0 unspecified atom stereocenters. The average molecular weight is 266 g/mol. The third-order valence-corrected chi connectivity index (χ3v) is 4.09. The quantitative estimate of drug-likeness (QED) is 0.883. The van der Waals surface area contributed by atoms with Gasteiger partial charge < -0.3 is 9.84 Å². The number of aliphatic hydroxyl groups is 1. The zero-order chi connectivity index (χ0) is 13.8. The number of aliphatic hydroxyl groups excluding tert-OH is 1. The second-order valence-corrected chi connectivity index (χ2v) is 5.53. The van der Waals surface area contributed by atoms with E-state index in [1.807, 2.05) is 0 Å². The highest BCUT2D eigenvalue weighted by Gasteiger charge is 2.22. The molecule has 0 radical (unpaired) electrons. The molecule has 19 heavy (non-hydrogen) atoms. The van der Waals surface area contributed by atoms with Gasteiger partial charge in [-0.15, -0.1) is 0 Å². The lowest BCUT2D eigenvalue weighted by atomic mass is 9.86. The van der Waals surface area contributed by atoms with Gasteiger partial charge in [0, 0.05) is 5.56 Å². The lowest BCUT2D eigenvalue weighted by Crippen LogP contribution is -2.24. The van der Waals surface area contributed by atoms with Gasteiger partial charge in [-0.05, 0) is 56.7 Å². The van der Waals surface area contributed by atoms with Crippen molar-refractivity contribution in [3.8, 4) is 5.75 Å². The molecule has 1 fully saturated rings. The van der Waals surface area contributed by atoms with Crippen LogP contribution in [0.25, 0.3) is 0 Å². The Morgan fingerprint density at radius 3 is 2.58 bits per heavy atom. The molecule has 0 saturated heterocycles. The van der Waals surface area contributed by atoms with Gasteiger partial charge >= 0.3 is 0 Å². The predicted octanol–water partition coefficient (Wildman–Crippen LogP) is 4.23. The summed E-state index contributed by atoms with van der Waals surface area (Å²) in [7, 11) is 0. The van der Waals surface area contributed by atoms with Crippen molar-refractivity contribution >= 4 is 0 Å². The minimum Gasteiger partial charge on any atom is -0.490 e. The summed E-state index contributed by atoms with van der Waals surface area (Å²) in [6.07, 6.45) is 5.23. The van der Waals surface area contributed by atoms with Gasteiger partial charge in [-0.3, -0.25) is 0 Å². The van der Waals surface area contributed by atoms with Crippen LogP contribution in [0.1, 0.15) is 57.6 Å². The molecular formula is C16H23FO2. The van der Waals surface area contributed by atoms with Crippen LogP contribution in [0.2, 0.25) is 0 Å². The zero-order valence-electron chi connectivity index (χ0n) is 11.7. The molecule has 0 amide bonds. The summed E-state index contributed by atoms with van der Waals surface area (Å²) in [6.45, 7) is 3.87. The van der Waals surface area contributed by atoms with Crippen molar-refractivity contribution in [3.05, 3.63) is 29.6 Å². The number of hydrogen-bond acceptors (Lipinski definition) is 2. The van der Waals surface area contributed by atoms with Crippen LogP contribution in [-0.4, -0.2) is 11.2 Å². The minimum atomic E-state index is -0.710. The number of halogens is 1. The Morgan fingerprint density at radius 2 is 2.00 bits per heavy atom. The minimum absolute atomic E-state index is 0.200. The third-order valence-electron chi connectivity index (χ3n) is 4.09. The summed E-state index contributed by atoms with van der Waals surface area (Å²) < 4.78 is 19.2. The molecule has 1 aromatic carbocycles. The molecule has 1 atom stereocenters. The Kier molecular flexibility index (Phi) is 4.81. The molecule has 0 aliphatic heterocycles. The van der Waals surface area contributed by atoms with E-state index < -0.39 is 6.10 Å². The Morgan fingerprint density at radius 1 is 1.32 bits per heavy atom. The molecule has 1 aliphatic carbocycles. The van der Waals surface area contributed by atoms with E-state index in [0.29, 0.717) is 11.3 Å². The van der Waals surface area contributed by atoms with Gasteiger partial charge in [-0.2, -0.15) is 0 Å². The monoisotopic (exact) mass is 266 g/mol. The van der Waals surface area contributed by atoms with E-state index in [4.69, 9.17) is 4.74 Å². The van der Waals surface area contributed by atoms with Crippen molar-refractivity contribution in [2.45, 2.75) is 58.2 Å². The Bertz CT molecular complexity index is 409. The van der Waals surface area contributed by atoms with Crippen LogP contribution in [0.15, 0.2) is 18.2 Å². The van der Waals surface area contributed by atoms with Crippen LogP contribution in [0.3, 0.4) is 0 Å². The van der Waals surface area contributed by atoms with Crippen molar-refractivity contribution in [2.24, 2.45) is 5.92 Å². The fourth-order valence-corrected chi connectivity index (χ4v) is 2.79. The number of hydrogen-bond donors (Lipinski definition) is 1. The summed E-state index contributed by atoms with van der Waals surface area (Å²) in [5, 5.41) is 9.69. The maximum atomic E-state index is 13.2. The van der Waals surface area contributed by atoms with E-state index in [1.165, 1.54) is 31.4 Å². The van der Waals surface area contributed by atoms with Crippen molar-refractivity contribution in [3.63, 3.8) is 0 Å². The van der Waals surface area contributed by atoms with E-state index in [9.17, 15) is 9.50 Å². The van der Waals surface area contributed by atoms with Gasteiger partial charge in [0.1, 0.15) is 11.6 Å². The van der Waals surface area contributed by atoms with Gasteiger partial charge in [-0.25, -0.2) is 4.39 Å². The first-order valence-corrected chi connectivity index (χ1v) is 7.24. The second-order valence-electron chi connectivity index (χ2n) is 5.53. The first-order valence-electron chi connectivity index (χ1n) is 7.24. The van der Waals surface area contributed by atoms with Gasteiger partial charge in [0.2, 0.25) is 0 Å². The third kappa shape index (κ3) is 3.69. The summed E-state index contributed by atoms with van der Waals surface area (Å²) in [6, 6.07) is 4.37. The van der Waals surface area contributed by atoms with Crippen LogP contribution in [0.4, 0.5) is 4.39 Å². The molecule has 1 aromatic rings. The summed E-state index contributed by atoms with van der Waals surface area (Å²) in [5.41, 5.74) is 0.539. The molecule has 3 heteroatoms. The lowest BCUT2D eigenvalue weighted by Gasteiger charge is -2.29. The maximum Gasteiger partial charge on any atom is 0.125 e. The Labute approximate surface area is 114 Å². The largest absolute Gasteiger partial charge is 0.490 e. The molecule has 0 bridgehead atoms. The van der Waals surface area contributed by atoms with Crippen LogP contribution in [0, 0.1) is 11.7 Å². The molecule has 0 aromatic heterocycles. The molecule has 1 saturated carbocycles. The average Bonchev–Trinajstić information content (AvgIpc) is 2.41. The first-order chi connectivity index (χ1) is 9.10. The summed E-state index contributed by atoms with van der Waals surface area (Å²) in [4.78, 5) is 0. The highest BCUT2D eigenvalue weighted by atomic mass is 19.1. The predicted molar refractivity (Wildman–Crippen MR) is 73.7 cm³/mol. The first kappa shape index (κ1) is 14.3. The van der Waals surface area contributed by atoms with Crippen LogP contribution in [-0.2, 0) is 0 Å². The maximum absolute atomic E-state index is 13.2. The molecule has 1 aliphatic rings. The smallest absolute Gasteiger partial charge is 0.125 e. The van der Waals surface area contributed by atoms with E-state index in [1.54, 1.807) is 13.0 Å². The molecule has 1 N–H and O–H groups in total. The normalized spacial score (nSPS) is 25.1. The molecule has 2 nitrogen and oxygen atoms in total. The van der Waals surface area contributed by atoms with Crippen LogP contribution >= 0.6 is 0 Å². The van der Waals surface area contributed by atoms with Gasteiger partial charge in [-0.1, -0.05) is 13.3 Å². The van der Waals surface area contributed by atoms with E-state index in [-0.39, 0.29) is 11.9 Å². The van der Waals surface area contributed by atoms with E-state index >= 15 is 0 Å². The van der Waals surface area contributed by atoms with Crippen molar-refractivity contribution in [1.82, 2.24) is 0 Å². The Hall–Kier alpha value is -1.09. The molecule has 0 heterocycles. The highest BCUT2D eigenvalue weighted by molar-refractivity contribution is 5.35. The van der Waals surface area contributed by atoms with Crippen molar-refractivity contribution in [2.75, 3.05) is 0 Å². The van der Waals surface area contributed by atoms with E-state index in [2.05, 4.69) is 6.92 Å². The molecule has 106 valence electrons. The van der Waals surface area contributed by atoms with Gasteiger partial charge in [0.15, 0.2) is 0 Å². The van der Waals surface area contributed by atoms with E-state index in [0.717, 1.165) is 18.8 Å². The van der Waals surface area contributed by atoms with Crippen molar-refractivity contribution in [1.29, 1.82) is 0 Å². The topological polar surface area (TPSA) is 29.5 Å². The summed E-state index contributed by atoms with van der Waals surface area (Å²) >= 11 is 0. The number of ether oxygens (including phenoxy) is 1. The standard InChI is InChI=1S/C16H23FO2/c1-3-12-4-7-14(8-5-12)19-16-9-6-13(17)10-15(16)11(2)18/h6,9-12,14,18H,3-5,7-8H2,1-2H3/t11-,12?,14?/m1/s1. The van der Waals surface area contributed by atoms with Gasteiger partial charge in [0.05, 0.1) is 12.2 Å². The number of rotatable bonds is 4. The Balaban J connectivity index is 2.03.